The van der Waals surface area contributed by atoms with Crippen LogP contribution in [-0.4, -0.2) is 44.3 Å². The van der Waals surface area contributed by atoms with E-state index in [1.54, 1.807) is 0 Å². The average molecular weight is 449 g/mol. The van der Waals surface area contributed by atoms with Crippen LogP contribution >= 0.6 is 24.8 Å². The molecular formula is C18H34Cl2O8. The number of hydrogen-bond donors (Lipinski definition) is 4. The highest BCUT2D eigenvalue weighted by Gasteiger charge is 1.99. The average Bonchev–Trinajstić information content (AvgIpc) is 2.52. The Morgan fingerprint density at radius 3 is 0.643 bits per heavy atom. The van der Waals surface area contributed by atoms with Gasteiger partial charge in [0.15, 0.2) is 0 Å². The summed E-state index contributed by atoms with van der Waals surface area (Å²) in [4.78, 5) is 40.4. The molecule has 0 aromatic heterocycles. The van der Waals surface area contributed by atoms with Gasteiger partial charge in [-0.2, -0.15) is 0 Å². The first-order valence-corrected chi connectivity index (χ1v) is 9.13. The quantitative estimate of drug-likeness (QED) is 0.250. The van der Waals surface area contributed by atoms with Crippen LogP contribution in [0.25, 0.3) is 0 Å². The molecule has 0 heterocycles. The van der Waals surface area contributed by atoms with Crippen LogP contribution in [-0.2, 0) is 19.2 Å². The molecule has 0 spiro atoms. The van der Waals surface area contributed by atoms with Crippen LogP contribution in [0.2, 0.25) is 0 Å². The van der Waals surface area contributed by atoms with Crippen LogP contribution in [0.15, 0.2) is 0 Å². The first-order valence-electron chi connectivity index (χ1n) is 9.13. The zero-order valence-electron chi connectivity index (χ0n) is 16.1. The monoisotopic (exact) mass is 448 g/mol. The molecule has 0 radical (unpaired) electrons. The third-order valence-corrected chi connectivity index (χ3v) is 3.56. The Hall–Kier alpha value is -1.54. The maximum Gasteiger partial charge on any atom is 0.303 e. The van der Waals surface area contributed by atoms with Crippen LogP contribution in [0.1, 0.15) is 89.9 Å². The molecule has 8 nitrogen and oxygen atoms in total. The van der Waals surface area contributed by atoms with Gasteiger partial charge in [0.25, 0.3) is 0 Å². The van der Waals surface area contributed by atoms with Crippen LogP contribution in [0, 0.1) is 0 Å². The highest BCUT2D eigenvalue weighted by Crippen LogP contribution is 2.07. The van der Waals surface area contributed by atoms with Gasteiger partial charge in [-0.1, -0.05) is 38.5 Å². The van der Waals surface area contributed by atoms with Crippen LogP contribution < -0.4 is 0 Å². The van der Waals surface area contributed by atoms with E-state index in [9.17, 15) is 19.2 Å². The summed E-state index contributed by atoms with van der Waals surface area (Å²) in [6.07, 6.45) is 9.06. The highest BCUT2D eigenvalue weighted by atomic mass is 35.5. The number of hydrogen-bond acceptors (Lipinski definition) is 4. The Morgan fingerprint density at radius 1 is 0.357 bits per heavy atom. The van der Waals surface area contributed by atoms with Gasteiger partial charge in [-0.15, -0.1) is 24.8 Å². The Kier molecular flexibility index (Phi) is 30.9. The van der Waals surface area contributed by atoms with E-state index in [-0.39, 0.29) is 50.5 Å². The lowest BCUT2D eigenvalue weighted by Crippen LogP contribution is -1.95. The second-order valence-electron chi connectivity index (χ2n) is 6.11. The molecule has 4 N–H and O–H groups in total. The molecule has 0 aliphatic carbocycles. The Bertz CT molecular complexity index is 342. The molecule has 0 atom stereocenters. The molecule has 168 valence electrons. The van der Waals surface area contributed by atoms with Crippen molar-refractivity contribution in [3.63, 3.8) is 0 Å². The van der Waals surface area contributed by atoms with Crippen molar-refractivity contribution in [3.05, 3.63) is 0 Å². The van der Waals surface area contributed by atoms with E-state index in [4.69, 9.17) is 20.4 Å². The van der Waals surface area contributed by atoms with Gasteiger partial charge >= 0.3 is 23.9 Å². The van der Waals surface area contributed by atoms with Crippen molar-refractivity contribution in [3.8, 4) is 0 Å². The summed E-state index contributed by atoms with van der Waals surface area (Å²) in [7, 11) is 0. The topological polar surface area (TPSA) is 149 Å². The van der Waals surface area contributed by atoms with Crippen LogP contribution in [0.3, 0.4) is 0 Å². The van der Waals surface area contributed by atoms with Gasteiger partial charge in [0.1, 0.15) is 0 Å². The summed E-state index contributed by atoms with van der Waals surface area (Å²) in [6, 6.07) is 0. The number of carbonyl (C=O) groups is 4. The van der Waals surface area contributed by atoms with Crippen molar-refractivity contribution in [2.75, 3.05) is 0 Å². The van der Waals surface area contributed by atoms with Gasteiger partial charge in [0.05, 0.1) is 0 Å². The summed E-state index contributed by atoms with van der Waals surface area (Å²) in [5, 5.41) is 33.2. The van der Waals surface area contributed by atoms with Gasteiger partial charge in [0, 0.05) is 25.7 Å². The van der Waals surface area contributed by atoms with Crippen molar-refractivity contribution in [1.82, 2.24) is 0 Å². The van der Waals surface area contributed by atoms with Crippen molar-refractivity contribution >= 4 is 48.7 Å². The van der Waals surface area contributed by atoms with E-state index in [0.29, 0.717) is 25.7 Å². The standard InChI is InChI=1S/2C9H16O4.2ClH/c2*10-8(11)6-4-2-1-3-5-7-9(12)13;;/h2*1-7H2,(H,10,11)(H,12,13);2*1H. The summed E-state index contributed by atoms with van der Waals surface area (Å²) in [6.45, 7) is 0. The highest BCUT2D eigenvalue weighted by molar-refractivity contribution is 5.85. The van der Waals surface area contributed by atoms with E-state index < -0.39 is 23.9 Å². The molecule has 0 fully saturated rings. The number of unbranched alkanes of at least 4 members (excludes halogenated alkanes) is 8. The molecule has 0 bridgehead atoms. The summed E-state index contributed by atoms with van der Waals surface area (Å²) in [5.74, 6) is -3.04. The second-order valence-corrected chi connectivity index (χ2v) is 6.11. The number of carboxylic acids is 4. The van der Waals surface area contributed by atoms with E-state index in [1.165, 1.54) is 0 Å². The van der Waals surface area contributed by atoms with Crippen molar-refractivity contribution in [2.45, 2.75) is 89.9 Å². The van der Waals surface area contributed by atoms with Gasteiger partial charge in [-0.25, -0.2) is 0 Å². The zero-order chi connectivity index (χ0) is 20.2. The molecule has 0 rings (SSSR count). The molecule has 0 aliphatic heterocycles. The predicted molar refractivity (Wildman–Crippen MR) is 110 cm³/mol. The van der Waals surface area contributed by atoms with Crippen molar-refractivity contribution in [1.29, 1.82) is 0 Å². The maximum absolute atomic E-state index is 10.1. The smallest absolute Gasteiger partial charge is 0.303 e. The SMILES string of the molecule is Cl.Cl.O=C(O)CCCCCCCC(=O)O.O=C(O)CCCCCCCC(=O)O. The van der Waals surface area contributed by atoms with Crippen LogP contribution in [0.4, 0.5) is 0 Å². The van der Waals surface area contributed by atoms with Crippen LogP contribution in [0.5, 0.6) is 0 Å². The molecular weight excluding hydrogens is 415 g/mol. The molecule has 0 aromatic rings. The van der Waals surface area contributed by atoms with Gasteiger partial charge < -0.3 is 20.4 Å². The van der Waals surface area contributed by atoms with E-state index >= 15 is 0 Å². The fourth-order valence-electron chi connectivity index (χ4n) is 2.17. The minimum atomic E-state index is -0.759. The number of aliphatic carboxylic acids is 4. The van der Waals surface area contributed by atoms with Gasteiger partial charge in [0.2, 0.25) is 0 Å². The molecule has 0 aliphatic rings. The molecule has 0 saturated carbocycles. The number of halogens is 2. The third kappa shape index (κ3) is 39.5. The lowest BCUT2D eigenvalue weighted by Gasteiger charge is -1.97. The third-order valence-electron chi connectivity index (χ3n) is 3.56. The van der Waals surface area contributed by atoms with Gasteiger partial charge in [-0.3, -0.25) is 19.2 Å². The van der Waals surface area contributed by atoms with Crippen molar-refractivity contribution in [2.24, 2.45) is 0 Å². The molecule has 0 unspecified atom stereocenters. The fourth-order valence-corrected chi connectivity index (χ4v) is 2.17. The summed E-state index contributed by atoms with van der Waals surface area (Å²) in [5.41, 5.74) is 0. The Balaban J connectivity index is -0.000000192. The lowest BCUT2D eigenvalue weighted by molar-refractivity contribution is -0.138. The normalized spacial score (nSPS) is 9.14. The fraction of sp³-hybridized carbons (Fsp3) is 0.778. The zero-order valence-corrected chi connectivity index (χ0v) is 17.8. The Labute approximate surface area is 178 Å². The lowest BCUT2D eigenvalue weighted by atomic mass is 10.1. The molecule has 0 amide bonds. The van der Waals surface area contributed by atoms with E-state index in [1.807, 2.05) is 0 Å². The maximum atomic E-state index is 10.1. The minimum Gasteiger partial charge on any atom is -0.481 e. The molecule has 28 heavy (non-hydrogen) atoms. The van der Waals surface area contributed by atoms with Crippen molar-refractivity contribution < 1.29 is 39.6 Å². The molecule has 0 saturated heterocycles. The largest absolute Gasteiger partial charge is 0.481 e. The number of rotatable bonds is 16. The van der Waals surface area contributed by atoms with Gasteiger partial charge in [-0.05, 0) is 25.7 Å². The first kappa shape index (κ1) is 34.0. The molecule has 10 heteroatoms. The molecule has 0 aromatic carbocycles. The summed E-state index contributed by atoms with van der Waals surface area (Å²) < 4.78 is 0. The van der Waals surface area contributed by atoms with E-state index in [0.717, 1.165) is 38.5 Å². The first-order chi connectivity index (χ1) is 12.3. The van der Waals surface area contributed by atoms with E-state index in [2.05, 4.69) is 0 Å². The summed E-state index contributed by atoms with van der Waals surface area (Å²) >= 11 is 0. The number of carboxylic acid groups (broad SMARTS) is 4. The second kappa shape index (κ2) is 25.5. The Morgan fingerprint density at radius 2 is 0.500 bits per heavy atom. The predicted octanol–water partition coefficient (Wildman–Crippen LogP) is 4.62. The minimum absolute atomic E-state index is 0.